The van der Waals surface area contributed by atoms with E-state index in [0.29, 0.717) is 35.3 Å². The number of primary amides is 1. The van der Waals surface area contributed by atoms with E-state index in [2.05, 4.69) is 0 Å². The number of hydrogen-bond donors (Lipinski definition) is 1. The fraction of sp³-hybridized carbons (Fsp3) is 0.379. The van der Waals surface area contributed by atoms with Crippen molar-refractivity contribution in [2.75, 3.05) is 0 Å². The maximum Gasteiger partial charge on any atom is 0.315 e. The molecule has 6 nitrogen and oxygen atoms in total. The maximum absolute atomic E-state index is 13.7. The smallest absolute Gasteiger partial charge is 0.315 e. The fourth-order valence-corrected chi connectivity index (χ4v) is 5.82. The van der Waals surface area contributed by atoms with Gasteiger partial charge >= 0.3 is 5.97 Å². The van der Waals surface area contributed by atoms with E-state index in [0.717, 1.165) is 36.9 Å². The summed E-state index contributed by atoms with van der Waals surface area (Å²) in [4.78, 5) is 43.9. The molecular formula is C29H30N2O4. The van der Waals surface area contributed by atoms with Gasteiger partial charge in [-0.2, -0.15) is 0 Å². The van der Waals surface area contributed by atoms with E-state index in [1.807, 2.05) is 43.3 Å². The van der Waals surface area contributed by atoms with Gasteiger partial charge in [0.05, 0.1) is 0 Å². The Hall–Kier alpha value is -3.54. The molecule has 0 aromatic heterocycles. The largest absolute Gasteiger partial charge is 0.462 e. The van der Waals surface area contributed by atoms with Gasteiger partial charge in [0.1, 0.15) is 12.0 Å². The van der Waals surface area contributed by atoms with Crippen molar-refractivity contribution in [2.45, 2.75) is 63.4 Å². The first-order chi connectivity index (χ1) is 16.9. The molecule has 0 saturated heterocycles. The van der Waals surface area contributed by atoms with Crippen LogP contribution >= 0.6 is 0 Å². The van der Waals surface area contributed by atoms with Crippen LogP contribution in [0.25, 0.3) is 0 Å². The van der Waals surface area contributed by atoms with E-state index >= 15 is 0 Å². The van der Waals surface area contributed by atoms with E-state index in [1.165, 1.54) is 0 Å². The van der Waals surface area contributed by atoms with Crippen molar-refractivity contribution in [3.8, 4) is 0 Å². The minimum Gasteiger partial charge on any atom is -0.462 e. The lowest BCUT2D eigenvalue weighted by atomic mass is 9.69. The molecule has 5 rings (SSSR count). The number of ether oxygens (including phenoxy) is 1. The van der Waals surface area contributed by atoms with E-state index < -0.39 is 17.7 Å². The molecule has 180 valence electrons. The van der Waals surface area contributed by atoms with Gasteiger partial charge in [0.25, 0.3) is 0 Å². The molecule has 2 aliphatic carbocycles. The number of carbonyl (C=O) groups excluding carboxylic acids is 3. The number of allylic oxidation sites excluding steroid dienone is 2. The summed E-state index contributed by atoms with van der Waals surface area (Å²) in [5, 5.41) is 0. The molecule has 0 spiro atoms. The fourth-order valence-electron chi connectivity index (χ4n) is 5.82. The molecule has 2 aromatic carbocycles. The predicted molar refractivity (Wildman–Crippen MR) is 133 cm³/mol. The molecule has 6 heteroatoms. The summed E-state index contributed by atoms with van der Waals surface area (Å²) in [7, 11) is 0. The third-order valence-electron chi connectivity index (χ3n) is 7.53. The molecule has 1 fully saturated rings. The summed E-state index contributed by atoms with van der Waals surface area (Å²) in [5.74, 6) is -2.14. The van der Waals surface area contributed by atoms with Crippen molar-refractivity contribution in [3.05, 3.63) is 82.6 Å². The van der Waals surface area contributed by atoms with Crippen molar-refractivity contribution in [3.63, 3.8) is 0 Å². The van der Waals surface area contributed by atoms with Crippen molar-refractivity contribution < 1.29 is 19.1 Å². The van der Waals surface area contributed by atoms with Crippen LogP contribution in [-0.2, 0) is 14.3 Å². The molecule has 35 heavy (non-hydrogen) atoms. The molecule has 2 N–H and O–H groups in total. The summed E-state index contributed by atoms with van der Waals surface area (Å²) in [5.41, 5.74) is 9.65. The van der Waals surface area contributed by atoms with Gasteiger partial charge in [-0.1, -0.05) is 42.5 Å². The van der Waals surface area contributed by atoms with Crippen LogP contribution in [0.3, 0.4) is 0 Å². The van der Waals surface area contributed by atoms with Crippen molar-refractivity contribution in [1.82, 2.24) is 0 Å². The topological polar surface area (TPSA) is 98.8 Å². The van der Waals surface area contributed by atoms with Gasteiger partial charge in [0.15, 0.2) is 5.78 Å². The molecule has 3 aliphatic rings. The number of nitrogens with two attached hydrogens (primary N) is 1. The summed E-state index contributed by atoms with van der Waals surface area (Å²) in [6, 6.07) is 16.9. The van der Waals surface area contributed by atoms with Crippen LogP contribution in [0.15, 0.2) is 70.9 Å². The Morgan fingerprint density at radius 1 is 0.971 bits per heavy atom. The number of hydrogen-bond acceptors (Lipinski definition) is 5. The Labute approximate surface area is 205 Å². The summed E-state index contributed by atoms with van der Waals surface area (Å²) >= 11 is 0. The molecule has 1 amide bonds. The first-order valence-electron chi connectivity index (χ1n) is 12.4. The third kappa shape index (κ3) is 4.57. The van der Waals surface area contributed by atoms with E-state index in [4.69, 9.17) is 15.5 Å². The van der Waals surface area contributed by atoms with Crippen LogP contribution in [-0.4, -0.2) is 29.5 Å². The number of nitrogens with zero attached hydrogens (tertiary/aromatic N) is 1. The van der Waals surface area contributed by atoms with Crippen LogP contribution in [0, 0.1) is 5.92 Å². The van der Waals surface area contributed by atoms with Crippen LogP contribution < -0.4 is 5.73 Å². The van der Waals surface area contributed by atoms with Gasteiger partial charge in [-0.15, -0.1) is 0 Å². The molecule has 0 radical (unpaired) electrons. The number of amides is 1. The summed E-state index contributed by atoms with van der Waals surface area (Å²) in [6.07, 6.45) is 4.72. The highest BCUT2D eigenvalue weighted by molar-refractivity contribution is 6.09. The molecule has 1 aliphatic heterocycles. The van der Waals surface area contributed by atoms with Crippen LogP contribution in [0.2, 0.25) is 0 Å². The molecule has 1 saturated carbocycles. The Kier molecular flexibility index (Phi) is 6.37. The quantitative estimate of drug-likeness (QED) is 0.632. The minimum absolute atomic E-state index is 0.00972. The lowest BCUT2D eigenvalue weighted by Gasteiger charge is -2.37. The summed E-state index contributed by atoms with van der Waals surface area (Å²) in [6.45, 7) is 1.84. The molecule has 2 aromatic rings. The second kappa shape index (κ2) is 9.61. The lowest BCUT2D eigenvalue weighted by molar-refractivity contribution is -0.151. The first kappa shape index (κ1) is 23.2. The van der Waals surface area contributed by atoms with Gasteiger partial charge in [0.2, 0.25) is 5.91 Å². The highest BCUT2D eigenvalue weighted by atomic mass is 16.5. The van der Waals surface area contributed by atoms with Crippen molar-refractivity contribution in [2.24, 2.45) is 16.6 Å². The molecule has 1 heterocycles. The van der Waals surface area contributed by atoms with Crippen molar-refractivity contribution in [1.29, 1.82) is 0 Å². The molecule has 3 atom stereocenters. The second-order valence-corrected chi connectivity index (χ2v) is 9.84. The minimum atomic E-state index is -0.713. The van der Waals surface area contributed by atoms with Crippen LogP contribution in [0.1, 0.15) is 78.8 Å². The van der Waals surface area contributed by atoms with Crippen LogP contribution in [0.5, 0.6) is 0 Å². The third-order valence-corrected chi connectivity index (χ3v) is 7.53. The van der Waals surface area contributed by atoms with E-state index in [9.17, 15) is 14.4 Å². The number of esters is 1. The van der Waals surface area contributed by atoms with Crippen LogP contribution in [0.4, 0.5) is 0 Å². The molecule has 3 unspecified atom stereocenters. The average Bonchev–Trinajstić information content (AvgIpc) is 3.36. The Morgan fingerprint density at radius 2 is 1.69 bits per heavy atom. The molecular weight excluding hydrogens is 440 g/mol. The van der Waals surface area contributed by atoms with Crippen molar-refractivity contribution >= 4 is 23.4 Å². The highest BCUT2D eigenvalue weighted by Crippen LogP contribution is 2.47. The Morgan fingerprint density at radius 3 is 2.40 bits per heavy atom. The zero-order chi connectivity index (χ0) is 24.5. The zero-order valence-corrected chi connectivity index (χ0v) is 19.9. The zero-order valence-electron chi connectivity index (χ0n) is 19.9. The van der Waals surface area contributed by atoms with E-state index in [-0.39, 0.29) is 23.8 Å². The average molecular weight is 471 g/mol. The number of benzene rings is 2. The SMILES string of the molecule is CC1=NC2=C(C(=O)CC(c3ccccc3)C2)C(c2cccc(C(N)=O)c2)C1C(=O)OC1CCCC1. The molecule has 0 bridgehead atoms. The number of Topliss-reactive ketones (excluding diaryl/α,β-unsaturated/α-hetero) is 1. The normalized spacial score (nSPS) is 24.7. The number of aliphatic imine (C=N–C) groups is 1. The second-order valence-electron chi connectivity index (χ2n) is 9.84. The lowest BCUT2D eigenvalue weighted by Crippen LogP contribution is -2.39. The van der Waals surface area contributed by atoms with Gasteiger partial charge in [-0.25, -0.2) is 0 Å². The Balaban J connectivity index is 1.57. The highest BCUT2D eigenvalue weighted by Gasteiger charge is 2.45. The predicted octanol–water partition coefficient (Wildman–Crippen LogP) is 4.85. The van der Waals surface area contributed by atoms with Gasteiger partial charge < -0.3 is 10.5 Å². The number of ketones is 1. The first-order valence-corrected chi connectivity index (χ1v) is 12.4. The van der Waals surface area contributed by atoms with Gasteiger partial charge in [0, 0.05) is 34.9 Å². The number of rotatable bonds is 5. The number of carbonyl (C=O) groups is 3. The summed E-state index contributed by atoms with van der Waals surface area (Å²) < 4.78 is 5.91. The Bertz CT molecular complexity index is 1220. The van der Waals surface area contributed by atoms with E-state index in [1.54, 1.807) is 18.2 Å². The van der Waals surface area contributed by atoms with Gasteiger partial charge in [-0.3, -0.25) is 19.4 Å². The standard InChI is InChI=1S/C29H30N2O4/c1-17-25(29(34)35-22-12-5-6-13-22)26(19-10-7-11-20(14-19)28(30)33)27-23(31-17)15-21(16-24(27)32)18-8-3-2-4-9-18/h2-4,7-11,14,21-22,25-26H,5-6,12-13,15-16H2,1H3,(H2,30,33). The monoisotopic (exact) mass is 470 g/mol. The maximum atomic E-state index is 13.7. The van der Waals surface area contributed by atoms with Gasteiger partial charge in [-0.05, 0) is 68.2 Å².